The predicted molar refractivity (Wildman–Crippen MR) is 58.2 cm³/mol. The van der Waals surface area contributed by atoms with Crippen molar-refractivity contribution in [3.63, 3.8) is 0 Å². The third kappa shape index (κ3) is 2.89. The van der Waals surface area contributed by atoms with Crippen LogP contribution in [0.3, 0.4) is 0 Å². The highest BCUT2D eigenvalue weighted by Crippen LogP contribution is 2.26. The van der Waals surface area contributed by atoms with Crippen molar-refractivity contribution < 1.29 is 8.76 Å². The lowest BCUT2D eigenvalue weighted by Crippen LogP contribution is -2.50. The van der Waals surface area contributed by atoms with Crippen LogP contribution in [0.1, 0.15) is 13.3 Å². The van der Waals surface area contributed by atoms with Crippen molar-refractivity contribution in [2.45, 2.75) is 18.9 Å². The summed E-state index contributed by atoms with van der Waals surface area (Å²) in [4.78, 5) is 0. The third-order valence-corrected chi connectivity index (χ3v) is 4.40. The molecule has 13 heavy (non-hydrogen) atoms. The van der Waals surface area contributed by atoms with Gasteiger partial charge < -0.3 is 10.6 Å². The fourth-order valence-corrected chi connectivity index (χ4v) is 3.83. The van der Waals surface area contributed by atoms with Crippen LogP contribution in [-0.4, -0.2) is 33.8 Å². The fraction of sp³-hybridized carbons (Fsp3) is 0.857. The minimum Gasteiger partial charge on any atom is -0.366 e. The Hall–Kier alpha value is -0.200. The first-order valence-corrected chi connectivity index (χ1v) is 6.35. The Labute approximate surface area is 84.7 Å². The zero-order valence-corrected chi connectivity index (χ0v) is 9.43. The van der Waals surface area contributed by atoms with Gasteiger partial charge in [0.15, 0.2) is 10.9 Å². The zero-order chi connectivity index (χ0) is 10.1. The van der Waals surface area contributed by atoms with Gasteiger partial charge in [0.05, 0.1) is 5.54 Å². The Morgan fingerprint density at radius 1 is 1.69 bits per heavy atom. The maximum absolute atomic E-state index is 11.3. The van der Waals surface area contributed by atoms with Crippen molar-refractivity contribution in [1.29, 1.82) is 0 Å². The lowest BCUT2D eigenvalue weighted by Gasteiger charge is -2.22. The summed E-state index contributed by atoms with van der Waals surface area (Å²) < 4.78 is 20.7. The van der Waals surface area contributed by atoms with Crippen LogP contribution < -0.4 is 10.6 Å². The van der Waals surface area contributed by atoms with Gasteiger partial charge in [-0.2, -0.15) is 4.55 Å². The molecule has 1 unspecified atom stereocenters. The van der Waals surface area contributed by atoms with E-state index >= 15 is 0 Å². The van der Waals surface area contributed by atoms with E-state index in [0.717, 1.165) is 0 Å². The fourth-order valence-electron chi connectivity index (χ4n) is 1.46. The summed E-state index contributed by atoms with van der Waals surface area (Å²) in [5.74, 6) is 0.643. The molecule has 1 aliphatic rings. The first kappa shape index (κ1) is 10.9. The van der Waals surface area contributed by atoms with E-state index in [2.05, 4.69) is 10.6 Å². The predicted octanol–water partition coefficient (Wildman–Crippen LogP) is 0.215. The normalized spacial score (nSPS) is 38.7. The Kier molecular flexibility index (Phi) is 2.94. The van der Waals surface area contributed by atoms with Crippen molar-refractivity contribution >= 4 is 27.5 Å². The number of rotatable bonds is 1. The topological polar surface area (TPSA) is 61.4 Å². The number of hydrogen-bond acceptors (Lipinski definition) is 2. The van der Waals surface area contributed by atoms with Crippen molar-refractivity contribution in [3.05, 3.63) is 0 Å². The van der Waals surface area contributed by atoms with Crippen molar-refractivity contribution in [3.8, 4) is 0 Å². The molecule has 0 aromatic rings. The Morgan fingerprint density at radius 2 is 2.31 bits per heavy atom. The van der Waals surface area contributed by atoms with Crippen LogP contribution in [0.25, 0.3) is 0 Å². The lowest BCUT2D eigenvalue weighted by molar-refractivity contribution is 0.463. The van der Waals surface area contributed by atoms with E-state index in [1.165, 1.54) is 0 Å². The van der Waals surface area contributed by atoms with E-state index in [1.807, 2.05) is 6.92 Å². The van der Waals surface area contributed by atoms with Crippen LogP contribution in [0.15, 0.2) is 0 Å². The Morgan fingerprint density at radius 3 is 2.69 bits per heavy atom. The van der Waals surface area contributed by atoms with Crippen LogP contribution >= 0.6 is 12.2 Å². The van der Waals surface area contributed by atoms with E-state index < -0.39 is 10.2 Å². The van der Waals surface area contributed by atoms with Crippen molar-refractivity contribution in [2.75, 3.05) is 18.6 Å². The number of hydrogen-bond donors (Lipinski definition) is 3. The van der Waals surface area contributed by atoms with Crippen LogP contribution in [0.2, 0.25) is 0 Å². The van der Waals surface area contributed by atoms with E-state index in [9.17, 15) is 8.76 Å². The van der Waals surface area contributed by atoms with Gasteiger partial charge in [0.25, 0.3) is 0 Å². The highest BCUT2D eigenvalue weighted by molar-refractivity contribution is 7.98. The monoisotopic (exact) mass is 223 g/mol. The van der Waals surface area contributed by atoms with Crippen LogP contribution in [0.5, 0.6) is 0 Å². The molecule has 6 heteroatoms. The average Bonchev–Trinajstić information content (AvgIpc) is 2.25. The van der Waals surface area contributed by atoms with Gasteiger partial charge in [-0.3, -0.25) is 0 Å². The number of nitrogens with one attached hydrogen (secondary N) is 2. The molecule has 0 aromatic carbocycles. The molecule has 0 amide bonds. The molecule has 1 aliphatic heterocycles. The van der Waals surface area contributed by atoms with E-state index in [-0.39, 0.29) is 11.3 Å². The molecule has 0 aliphatic carbocycles. The average molecular weight is 223 g/mol. The van der Waals surface area contributed by atoms with Crippen LogP contribution in [0.4, 0.5) is 0 Å². The molecule has 0 saturated carbocycles. The van der Waals surface area contributed by atoms with E-state index in [0.29, 0.717) is 17.3 Å². The van der Waals surface area contributed by atoms with Crippen LogP contribution in [-0.2, 0) is 14.4 Å². The van der Waals surface area contributed by atoms with Gasteiger partial charge in [0.1, 0.15) is 5.75 Å². The molecule has 1 fully saturated rings. The number of thiocarbonyl (C=S) groups is 1. The minimum absolute atomic E-state index is 0.280. The molecule has 1 heterocycles. The second-order valence-electron chi connectivity index (χ2n) is 3.64. The molecule has 2 atom stereocenters. The molecule has 0 spiro atoms. The first-order chi connectivity index (χ1) is 5.87. The van der Waals surface area contributed by atoms with Gasteiger partial charge in [-0.25, -0.2) is 0 Å². The highest BCUT2D eigenvalue weighted by Gasteiger charge is 2.47. The summed E-state index contributed by atoms with van der Waals surface area (Å²) in [5, 5.41) is 6.36. The summed E-state index contributed by atoms with van der Waals surface area (Å²) in [5.41, 5.74) is -0.327. The SMILES string of the molecule is CNC(=S)N[C@@]1(C)CC[S+](=O)(O)C1. The van der Waals surface area contributed by atoms with Gasteiger partial charge in [-0.1, -0.05) is 4.21 Å². The van der Waals surface area contributed by atoms with Gasteiger partial charge in [-0.05, 0) is 19.1 Å². The Bertz CT molecular complexity index is 269. The summed E-state index contributed by atoms with van der Waals surface area (Å²) in [7, 11) is -0.882. The molecule has 1 saturated heterocycles. The van der Waals surface area contributed by atoms with Crippen molar-refractivity contribution in [2.24, 2.45) is 0 Å². The molecule has 3 N–H and O–H groups in total. The summed E-state index contributed by atoms with van der Waals surface area (Å²) in [6.45, 7) is 1.92. The van der Waals surface area contributed by atoms with Crippen LogP contribution in [0, 0.1) is 0 Å². The second-order valence-corrected chi connectivity index (χ2v) is 6.29. The molecule has 1 rings (SSSR count). The second kappa shape index (κ2) is 3.51. The molecule has 76 valence electrons. The van der Waals surface area contributed by atoms with Gasteiger partial charge in [0, 0.05) is 13.5 Å². The summed E-state index contributed by atoms with van der Waals surface area (Å²) in [6.07, 6.45) is 0.685. The van der Waals surface area contributed by atoms with E-state index in [1.54, 1.807) is 7.05 Å². The maximum atomic E-state index is 11.3. The first-order valence-electron chi connectivity index (χ1n) is 4.09. The van der Waals surface area contributed by atoms with Gasteiger partial charge in [-0.15, -0.1) is 0 Å². The summed E-state index contributed by atoms with van der Waals surface area (Å²) >= 11 is 4.94. The standard InChI is InChI=1S/C7H14N2O2S2/c1-7(9-6(12)8-2)3-4-13(10,11)5-7/h3-5H2,1-2H3,(H2-,8,9,10,11,12)/p+1/t7-/m0/s1. The van der Waals surface area contributed by atoms with E-state index in [4.69, 9.17) is 12.2 Å². The Balaban J connectivity index is 2.60. The lowest BCUT2D eigenvalue weighted by atomic mass is 10.0. The molecule has 4 nitrogen and oxygen atoms in total. The molecule has 0 bridgehead atoms. The third-order valence-electron chi connectivity index (χ3n) is 2.16. The minimum atomic E-state index is -2.61. The summed E-state index contributed by atoms with van der Waals surface area (Å²) in [6, 6.07) is 0. The van der Waals surface area contributed by atoms with Crippen molar-refractivity contribution in [1.82, 2.24) is 10.6 Å². The maximum Gasteiger partial charge on any atom is 0.216 e. The largest absolute Gasteiger partial charge is 0.366 e. The molecular formula is C7H15N2O2S2+. The highest BCUT2D eigenvalue weighted by atomic mass is 32.3. The molecule has 0 radical (unpaired) electrons. The molecule has 0 aromatic heterocycles. The van der Waals surface area contributed by atoms with Gasteiger partial charge in [0.2, 0.25) is 10.2 Å². The smallest absolute Gasteiger partial charge is 0.216 e. The molecular weight excluding hydrogens is 208 g/mol. The quantitative estimate of drug-likeness (QED) is 0.438. The van der Waals surface area contributed by atoms with Gasteiger partial charge >= 0.3 is 0 Å². The zero-order valence-electron chi connectivity index (χ0n) is 7.79.